The summed E-state index contributed by atoms with van der Waals surface area (Å²) in [5.74, 6) is -0.00934. The number of para-hydroxylation sites is 1. The second kappa shape index (κ2) is 8.00. The zero-order chi connectivity index (χ0) is 21.5. The van der Waals surface area contributed by atoms with Crippen molar-refractivity contribution in [1.82, 2.24) is 0 Å². The van der Waals surface area contributed by atoms with Gasteiger partial charge in [0.15, 0.2) is 5.17 Å². The van der Waals surface area contributed by atoms with Crippen LogP contribution in [0.1, 0.15) is 0 Å². The van der Waals surface area contributed by atoms with Gasteiger partial charge >= 0.3 is 0 Å². The van der Waals surface area contributed by atoms with E-state index in [1.165, 1.54) is 11.8 Å². The van der Waals surface area contributed by atoms with Crippen LogP contribution in [0, 0.1) is 0 Å². The molecule has 0 spiro atoms. The van der Waals surface area contributed by atoms with E-state index in [0.29, 0.717) is 26.5 Å². The predicted octanol–water partition coefficient (Wildman–Crippen LogP) is 6.22. The van der Waals surface area contributed by atoms with Crippen LogP contribution in [-0.2, 0) is 4.79 Å². The van der Waals surface area contributed by atoms with Crippen molar-refractivity contribution in [3.63, 3.8) is 0 Å². The number of carbonyl (C=O) groups is 1. The Morgan fingerprint density at radius 3 is 2.35 bits per heavy atom. The molecule has 0 aliphatic carbocycles. The lowest BCUT2D eigenvalue weighted by molar-refractivity contribution is -0.113. The molecule has 5 rings (SSSR count). The number of benzene rings is 3. The summed E-state index contributed by atoms with van der Waals surface area (Å²) in [5.41, 5.74) is 2.41. The van der Waals surface area contributed by atoms with Gasteiger partial charge in [-0.1, -0.05) is 35.5 Å². The first kappa shape index (κ1) is 20.1. The van der Waals surface area contributed by atoms with Crippen LogP contribution in [0.25, 0.3) is 0 Å². The smallest absolute Gasteiger partial charge is 0.274 e. The lowest BCUT2D eigenvalue weighted by atomic mass is 10.2. The largest absolute Gasteiger partial charge is 0.508 e. The Labute approximate surface area is 193 Å². The first-order chi connectivity index (χ1) is 15.0. The van der Waals surface area contributed by atoms with Crippen molar-refractivity contribution in [2.75, 3.05) is 16.8 Å². The van der Waals surface area contributed by atoms with Crippen LogP contribution in [0.2, 0.25) is 5.02 Å². The van der Waals surface area contributed by atoms with Crippen LogP contribution in [0.4, 0.5) is 17.1 Å². The van der Waals surface area contributed by atoms with Crippen LogP contribution in [0.3, 0.4) is 0 Å². The number of amides is 1. The van der Waals surface area contributed by atoms with E-state index < -0.39 is 0 Å². The van der Waals surface area contributed by atoms with E-state index in [9.17, 15) is 9.90 Å². The number of rotatable bonds is 2. The Kier molecular flexibility index (Phi) is 5.17. The van der Waals surface area contributed by atoms with Crippen molar-refractivity contribution < 1.29 is 9.90 Å². The van der Waals surface area contributed by atoms with Gasteiger partial charge in [-0.25, -0.2) is 4.99 Å². The Morgan fingerprint density at radius 2 is 1.65 bits per heavy atom. The number of aromatic hydroxyl groups is 1. The molecule has 0 saturated carbocycles. The summed E-state index contributed by atoms with van der Waals surface area (Å²) < 4.78 is 0. The Hall–Kier alpha value is -2.87. The number of phenolic OH excluding ortho intramolecular Hbond substituents is 1. The maximum atomic E-state index is 13.6. The molecular weight excluding hydrogens is 450 g/mol. The molecule has 2 aliphatic rings. The number of halogens is 1. The van der Waals surface area contributed by atoms with Crippen molar-refractivity contribution in [3.05, 3.63) is 87.8 Å². The SMILES string of the molecule is CN1/C(=C2/SC(=Nc3ccc(Cl)cc3)N(c3ccc(O)cc3)C2=O)Sc2ccccc21. The number of aliphatic imine (C=N–C) groups is 1. The molecular formula is C23H16ClN3O2S2. The van der Waals surface area contributed by atoms with E-state index in [2.05, 4.69) is 6.07 Å². The standard InChI is InChI=1S/C23H16ClN3O2S2/c1-26-18-4-2-3-5-19(18)30-22(26)20-21(29)27(16-10-12-17(28)13-11-16)23(31-20)25-15-8-6-14(24)7-9-15/h2-13,28H,1H3/b22-20-,25-23?. The highest BCUT2D eigenvalue weighted by molar-refractivity contribution is 8.20. The van der Waals surface area contributed by atoms with Gasteiger partial charge in [0.25, 0.3) is 5.91 Å². The van der Waals surface area contributed by atoms with Crippen molar-refractivity contribution in [2.45, 2.75) is 4.90 Å². The average Bonchev–Trinajstić information content (AvgIpc) is 3.27. The van der Waals surface area contributed by atoms with Crippen molar-refractivity contribution in [2.24, 2.45) is 4.99 Å². The van der Waals surface area contributed by atoms with Gasteiger partial charge in [-0.15, -0.1) is 0 Å². The summed E-state index contributed by atoms with van der Waals surface area (Å²) in [7, 11) is 1.97. The monoisotopic (exact) mass is 465 g/mol. The summed E-state index contributed by atoms with van der Waals surface area (Å²) in [6.45, 7) is 0. The first-order valence-electron chi connectivity index (χ1n) is 9.42. The topological polar surface area (TPSA) is 56.1 Å². The number of fused-ring (bicyclic) bond motifs is 1. The summed E-state index contributed by atoms with van der Waals surface area (Å²) in [5, 5.41) is 11.7. The molecule has 0 aromatic heterocycles. The molecule has 2 aliphatic heterocycles. The molecule has 1 saturated heterocycles. The molecule has 0 bridgehead atoms. The quantitative estimate of drug-likeness (QED) is 0.455. The number of phenols is 1. The van der Waals surface area contributed by atoms with Crippen molar-refractivity contribution in [1.29, 1.82) is 0 Å². The summed E-state index contributed by atoms with van der Waals surface area (Å²) >= 11 is 8.93. The van der Waals surface area contributed by atoms with E-state index in [1.54, 1.807) is 53.1 Å². The van der Waals surface area contributed by atoms with Crippen molar-refractivity contribution >= 4 is 63.3 Å². The van der Waals surface area contributed by atoms with Gasteiger partial charge in [0.1, 0.15) is 10.7 Å². The fraction of sp³-hybridized carbons (Fsp3) is 0.0435. The molecule has 2 heterocycles. The van der Waals surface area contributed by atoms with Crippen molar-refractivity contribution in [3.8, 4) is 5.75 Å². The average molecular weight is 466 g/mol. The van der Waals surface area contributed by atoms with E-state index in [4.69, 9.17) is 16.6 Å². The van der Waals surface area contributed by atoms with Gasteiger partial charge < -0.3 is 10.0 Å². The lowest BCUT2D eigenvalue weighted by Crippen LogP contribution is -2.29. The molecule has 1 N–H and O–H groups in total. The maximum Gasteiger partial charge on any atom is 0.274 e. The second-order valence-electron chi connectivity index (χ2n) is 6.89. The molecule has 154 valence electrons. The van der Waals surface area contributed by atoms with E-state index in [0.717, 1.165) is 15.6 Å². The van der Waals surface area contributed by atoms with Gasteiger partial charge in [-0.3, -0.25) is 9.69 Å². The van der Waals surface area contributed by atoms with Crippen LogP contribution < -0.4 is 9.80 Å². The predicted molar refractivity (Wildman–Crippen MR) is 129 cm³/mol. The lowest BCUT2D eigenvalue weighted by Gasteiger charge is -2.16. The summed E-state index contributed by atoms with van der Waals surface area (Å²) in [6.07, 6.45) is 0. The zero-order valence-electron chi connectivity index (χ0n) is 16.3. The fourth-order valence-electron chi connectivity index (χ4n) is 3.33. The summed E-state index contributed by atoms with van der Waals surface area (Å²) in [6, 6.07) is 21.8. The Morgan fingerprint density at radius 1 is 0.935 bits per heavy atom. The highest BCUT2D eigenvalue weighted by atomic mass is 35.5. The number of nitrogens with zero attached hydrogens (tertiary/aromatic N) is 3. The Bertz CT molecular complexity index is 1240. The third-order valence-electron chi connectivity index (χ3n) is 4.87. The van der Waals surface area contributed by atoms with E-state index >= 15 is 0 Å². The van der Waals surface area contributed by atoms with E-state index in [-0.39, 0.29) is 11.7 Å². The number of hydrogen-bond donors (Lipinski definition) is 1. The van der Waals surface area contributed by atoms with Gasteiger partial charge in [0.2, 0.25) is 0 Å². The zero-order valence-corrected chi connectivity index (χ0v) is 18.7. The Balaban J connectivity index is 1.61. The van der Waals surface area contributed by atoms with E-state index in [1.807, 2.05) is 42.3 Å². The highest BCUT2D eigenvalue weighted by Crippen LogP contribution is 2.50. The molecule has 0 radical (unpaired) electrons. The molecule has 3 aromatic rings. The fourth-order valence-corrected chi connectivity index (χ4v) is 5.81. The summed E-state index contributed by atoms with van der Waals surface area (Å²) in [4.78, 5) is 23.6. The number of carbonyl (C=O) groups excluding carboxylic acids is 1. The molecule has 1 fully saturated rings. The number of thioether (sulfide) groups is 2. The normalized spacial score (nSPS) is 19.4. The third-order valence-corrected chi connectivity index (χ3v) is 7.52. The molecule has 0 unspecified atom stereocenters. The van der Waals surface area contributed by atoms with Crippen LogP contribution in [0.15, 0.2) is 92.6 Å². The minimum atomic E-state index is -0.148. The molecule has 5 nitrogen and oxygen atoms in total. The molecule has 1 amide bonds. The van der Waals surface area contributed by atoms with Crippen LogP contribution in [-0.4, -0.2) is 23.2 Å². The minimum absolute atomic E-state index is 0.138. The minimum Gasteiger partial charge on any atom is -0.508 e. The van der Waals surface area contributed by atoms with Crippen LogP contribution >= 0.6 is 35.1 Å². The van der Waals surface area contributed by atoms with Gasteiger partial charge in [0.05, 0.1) is 22.1 Å². The van der Waals surface area contributed by atoms with Crippen LogP contribution in [0.5, 0.6) is 5.75 Å². The van der Waals surface area contributed by atoms with Gasteiger partial charge in [0, 0.05) is 17.0 Å². The molecule has 8 heteroatoms. The second-order valence-corrected chi connectivity index (χ2v) is 9.34. The third kappa shape index (κ3) is 3.69. The van der Waals surface area contributed by atoms with Gasteiger partial charge in [-0.2, -0.15) is 0 Å². The number of amidine groups is 1. The molecule has 3 aromatic carbocycles. The molecule has 0 atom stereocenters. The first-order valence-corrected chi connectivity index (χ1v) is 11.4. The highest BCUT2D eigenvalue weighted by Gasteiger charge is 2.40. The number of hydrogen-bond acceptors (Lipinski definition) is 6. The van der Waals surface area contributed by atoms with Gasteiger partial charge in [-0.05, 0) is 72.4 Å². The maximum absolute atomic E-state index is 13.6. The number of anilines is 2. The molecule has 31 heavy (non-hydrogen) atoms.